The molecule has 174 valence electrons. The first-order chi connectivity index (χ1) is 15.9. The Hall–Kier alpha value is -3.88. The molecule has 2 amide bonds. The molecular weight excluding hydrogens is 428 g/mol. The van der Waals surface area contributed by atoms with Gasteiger partial charge in [0.15, 0.2) is 0 Å². The molecule has 2 aromatic rings. The van der Waals surface area contributed by atoms with Crippen LogP contribution in [0, 0.1) is 0 Å². The van der Waals surface area contributed by atoms with Gasteiger partial charge < -0.3 is 25.2 Å². The molecule has 0 bridgehead atoms. The summed E-state index contributed by atoms with van der Waals surface area (Å²) >= 11 is 0. The van der Waals surface area contributed by atoms with Crippen LogP contribution < -0.4 is 10.6 Å². The van der Waals surface area contributed by atoms with Crippen molar-refractivity contribution in [3.05, 3.63) is 59.7 Å². The average molecular weight is 454 g/mol. The highest BCUT2D eigenvalue weighted by molar-refractivity contribution is 5.84. The smallest absolute Gasteiger partial charge is 0.407 e. The van der Waals surface area contributed by atoms with Crippen molar-refractivity contribution in [2.24, 2.45) is 0 Å². The Morgan fingerprint density at radius 2 is 1.58 bits per heavy atom. The van der Waals surface area contributed by atoms with Crippen molar-refractivity contribution >= 4 is 23.9 Å². The lowest BCUT2D eigenvalue weighted by atomic mass is 9.98. The maximum absolute atomic E-state index is 12.1. The van der Waals surface area contributed by atoms with Crippen molar-refractivity contribution in [2.45, 2.75) is 31.2 Å². The molecule has 0 saturated heterocycles. The molecule has 9 nitrogen and oxygen atoms in total. The highest BCUT2D eigenvalue weighted by atomic mass is 16.5. The number of benzene rings is 2. The van der Waals surface area contributed by atoms with Crippen LogP contribution in [0.25, 0.3) is 11.1 Å². The molecule has 1 aliphatic rings. The summed E-state index contributed by atoms with van der Waals surface area (Å²) in [4.78, 5) is 46.6. The Balaban J connectivity index is 1.44. The van der Waals surface area contributed by atoms with E-state index in [0.29, 0.717) is 0 Å². The molecule has 0 aliphatic heterocycles. The minimum Gasteiger partial charge on any atom is -0.480 e. The van der Waals surface area contributed by atoms with Crippen LogP contribution in [0.2, 0.25) is 0 Å². The predicted molar refractivity (Wildman–Crippen MR) is 119 cm³/mol. The van der Waals surface area contributed by atoms with Gasteiger partial charge in [0.2, 0.25) is 5.91 Å². The van der Waals surface area contributed by atoms with E-state index in [9.17, 15) is 24.3 Å². The average Bonchev–Trinajstić information content (AvgIpc) is 3.13. The fraction of sp³-hybridized carbons (Fsp3) is 0.333. The van der Waals surface area contributed by atoms with Crippen LogP contribution >= 0.6 is 0 Å². The van der Waals surface area contributed by atoms with Crippen molar-refractivity contribution in [3.63, 3.8) is 0 Å². The van der Waals surface area contributed by atoms with Crippen LogP contribution in [0.15, 0.2) is 48.5 Å². The van der Waals surface area contributed by atoms with Crippen LogP contribution in [-0.4, -0.2) is 55.3 Å². The monoisotopic (exact) mass is 454 g/mol. The second kappa shape index (κ2) is 11.1. The highest BCUT2D eigenvalue weighted by Gasteiger charge is 2.29. The van der Waals surface area contributed by atoms with E-state index in [2.05, 4.69) is 15.4 Å². The van der Waals surface area contributed by atoms with E-state index < -0.39 is 30.0 Å². The van der Waals surface area contributed by atoms with Gasteiger partial charge in [0, 0.05) is 25.3 Å². The van der Waals surface area contributed by atoms with Crippen LogP contribution in [-0.2, 0) is 23.9 Å². The van der Waals surface area contributed by atoms with E-state index in [4.69, 9.17) is 4.74 Å². The summed E-state index contributed by atoms with van der Waals surface area (Å²) in [7, 11) is 1.20. The molecule has 0 saturated carbocycles. The third kappa shape index (κ3) is 6.09. The molecule has 1 aliphatic carbocycles. The van der Waals surface area contributed by atoms with Crippen molar-refractivity contribution in [1.29, 1.82) is 0 Å². The van der Waals surface area contributed by atoms with Crippen LogP contribution in [0.3, 0.4) is 0 Å². The summed E-state index contributed by atoms with van der Waals surface area (Å²) < 4.78 is 9.86. The standard InChI is InChI=1S/C24H26N2O7/c1-32-22(28)11-10-20(23(29)30)26-21(27)12-13-25-24(31)33-14-19-17-8-4-2-6-15(17)16-7-3-5-9-18(16)19/h2-9,19-20H,10-14H2,1H3,(H,25,31)(H,26,27)(H,29,30)/t20-/m1/s1. The topological polar surface area (TPSA) is 131 Å². The normalized spacial score (nSPS) is 12.8. The molecule has 0 spiro atoms. The van der Waals surface area contributed by atoms with E-state index in [1.165, 1.54) is 7.11 Å². The number of carboxylic acids is 1. The van der Waals surface area contributed by atoms with Gasteiger partial charge in [0.05, 0.1) is 7.11 Å². The number of hydrogen-bond acceptors (Lipinski definition) is 6. The number of aliphatic carboxylic acids is 1. The molecule has 33 heavy (non-hydrogen) atoms. The molecular formula is C24H26N2O7. The highest BCUT2D eigenvalue weighted by Crippen LogP contribution is 2.44. The van der Waals surface area contributed by atoms with Gasteiger partial charge in [-0.05, 0) is 28.7 Å². The van der Waals surface area contributed by atoms with Gasteiger partial charge in [0.25, 0.3) is 0 Å². The number of methoxy groups -OCH3 is 1. The molecule has 0 heterocycles. The molecule has 0 radical (unpaired) electrons. The van der Waals surface area contributed by atoms with Gasteiger partial charge in [-0.25, -0.2) is 9.59 Å². The van der Waals surface area contributed by atoms with Crippen LogP contribution in [0.1, 0.15) is 36.3 Å². The van der Waals surface area contributed by atoms with Gasteiger partial charge in [-0.3, -0.25) is 9.59 Å². The molecule has 0 aromatic heterocycles. The molecule has 0 fully saturated rings. The summed E-state index contributed by atoms with van der Waals surface area (Å²) in [6.07, 6.45) is -1.02. The first kappa shape index (κ1) is 23.8. The number of alkyl carbamates (subject to hydrolysis) is 1. The van der Waals surface area contributed by atoms with Gasteiger partial charge in [0.1, 0.15) is 12.6 Å². The molecule has 1 atom stereocenters. The maximum Gasteiger partial charge on any atom is 0.407 e. The summed E-state index contributed by atoms with van der Waals surface area (Å²) in [6, 6.07) is 14.8. The summed E-state index contributed by atoms with van der Waals surface area (Å²) in [6.45, 7) is 0.131. The van der Waals surface area contributed by atoms with Crippen molar-refractivity contribution < 1.29 is 33.8 Å². The number of carboxylic acid groups (broad SMARTS) is 1. The van der Waals surface area contributed by atoms with Gasteiger partial charge in [-0.15, -0.1) is 0 Å². The third-order valence-corrected chi connectivity index (χ3v) is 5.46. The summed E-state index contributed by atoms with van der Waals surface area (Å²) in [5.74, 6) is -2.45. The molecule has 3 N–H and O–H groups in total. The second-order valence-electron chi connectivity index (χ2n) is 7.58. The van der Waals surface area contributed by atoms with Crippen LogP contribution in [0.5, 0.6) is 0 Å². The quantitative estimate of drug-likeness (QED) is 0.470. The van der Waals surface area contributed by atoms with E-state index in [0.717, 1.165) is 22.3 Å². The van der Waals surface area contributed by atoms with E-state index in [-0.39, 0.29) is 38.3 Å². The fourth-order valence-corrected chi connectivity index (χ4v) is 3.82. The van der Waals surface area contributed by atoms with Crippen LogP contribution in [0.4, 0.5) is 4.79 Å². The Kier molecular flexibility index (Phi) is 8.01. The number of carbonyl (C=O) groups is 4. The summed E-state index contributed by atoms with van der Waals surface area (Å²) in [5, 5.41) is 14.0. The molecule has 3 rings (SSSR count). The number of fused-ring (bicyclic) bond motifs is 3. The van der Waals surface area contributed by atoms with E-state index >= 15 is 0 Å². The Labute approximate surface area is 191 Å². The minimum absolute atomic E-state index is 0.0220. The number of esters is 1. The largest absolute Gasteiger partial charge is 0.480 e. The van der Waals surface area contributed by atoms with Crippen molar-refractivity contribution in [1.82, 2.24) is 10.6 Å². The lowest BCUT2D eigenvalue weighted by molar-refractivity contribution is -0.144. The van der Waals surface area contributed by atoms with Crippen molar-refractivity contribution in [2.75, 3.05) is 20.3 Å². The number of nitrogens with one attached hydrogen (secondary N) is 2. The summed E-state index contributed by atoms with van der Waals surface area (Å²) in [5.41, 5.74) is 4.44. The number of hydrogen-bond donors (Lipinski definition) is 3. The molecule has 9 heteroatoms. The zero-order chi connectivity index (χ0) is 23.8. The second-order valence-corrected chi connectivity index (χ2v) is 7.58. The first-order valence-corrected chi connectivity index (χ1v) is 10.6. The Morgan fingerprint density at radius 1 is 0.970 bits per heavy atom. The lowest BCUT2D eigenvalue weighted by Crippen LogP contribution is -2.42. The van der Waals surface area contributed by atoms with Gasteiger partial charge in [-0.1, -0.05) is 48.5 Å². The fourth-order valence-electron chi connectivity index (χ4n) is 3.82. The molecule has 2 aromatic carbocycles. The lowest BCUT2D eigenvalue weighted by Gasteiger charge is -2.15. The third-order valence-electron chi connectivity index (χ3n) is 5.46. The number of ether oxygens (including phenoxy) is 2. The zero-order valence-corrected chi connectivity index (χ0v) is 18.2. The van der Waals surface area contributed by atoms with E-state index in [1.54, 1.807) is 0 Å². The predicted octanol–water partition coefficient (Wildman–Crippen LogP) is 2.44. The Morgan fingerprint density at radius 3 is 2.15 bits per heavy atom. The van der Waals surface area contributed by atoms with Gasteiger partial charge in [-0.2, -0.15) is 0 Å². The Bertz CT molecular complexity index is 991. The number of carbonyl (C=O) groups excluding carboxylic acids is 3. The minimum atomic E-state index is -1.25. The van der Waals surface area contributed by atoms with E-state index in [1.807, 2.05) is 48.5 Å². The molecule has 0 unspecified atom stereocenters. The maximum atomic E-state index is 12.1. The van der Waals surface area contributed by atoms with Gasteiger partial charge >= 0.3 is 18.0 Å². The zero-order valence-electron chi connectivity index (χ0n) is 18.2. The van der Waals surface area contributed by atoms with Crippen molar-refractivity contribution in [3.8, 4) is 11.1 Å². The SMILES string of the molecule is COC(=O)CC[C@@H](NC(=O)CCNC(=O)OCC1c2ccccc2-c2ccccc21)C(=O)O. The first-order valence-electron chi connectivity index (χ1n) is 10.6. The number of rotatable bonds is 10. The number of amides is 2.